The van der Waals surface area contributed by atoms with E-state index in [1.165, 1.54) is 0 Å². The Morgan fingerprint density at radius 2 is 2.36 bits per heavy atom. The molecule has 0 aliphatic heterocycles. The van der Waals surface area contributed by atoms with E-state index in [4.69, 9.17) is 9.05 Å². The predicted octanol–water partition coefficient (Wildman–Crippen LogP) is 3.40. The molecule has 0 amide bonds. The van der Waals surface area contributed by atoms with Crippen molar-refractivity contribution < 1.29 is 13.6 Å². The van der Waals surface area contributed by atoms with Crippen molar-refractivity contribution in [2.45, 2.75) is 6.92 Å². The largest absolute Gasteiger partial charge is 0.750 e. The maximum absolute atomic E-state index is 11.1. The zero-order valence-electron chi connectivity index (χ0n) is 7.97. The first-order valence-electron chi connectivity index (χ1n) is 4.27. The molecule has 0 radical (unpaired) electrons. The van der Waals surface area contributed by atoms with Crippen molar-refractivity contribution in [2.75, 3.05) is 6.61 Å². The average molecular weight is 211 g/mol. The molecule has 0 saturated carbocycles. The van der Waals surface area contributed by atoms with Crippen LogP contribution in [0.25, 0.3) is 6.08 Å². The lowest BCUT2D eigenvalue weighted by atomic mass is 10.2. The third-order valence-corrected chi connectivity index (χ3v) is 2.34. The lowest BCUT2D eigenvalue weighted by Crippen LogP contribution is -1.86. The van der Waals surface area contributed by atoms with Crippen LogP contribution >= 0.6 is 8.25 Å². The van der Waals surface area contributed by atoms with Gasteiger partial charge in [-0.2, -0.15) is 0 Å². The van der Waals surface area contributed by atoms with Gasteiger partial charge in [0.25, 0.3) is 0 Å². The Balaban J connectivity index is 2.66. The second-order valence-electron chi connectivity index (χ2n) is 2.51. The fourth-order valence-corrected chi connectivity index (χ4v) is 1.47. The van der Waals surface area contributed by atoms with E-state index < -0.39 is 8.25 Å². The van der Waals surface area contributed by atoms with Crippen LogP contribution in [0.15, 0.2) is 30.8 Å². The molecule has 1 unspecified atom stereocenters. The fraction of sp³-hybridized carbons (Fsp3) is 0.200. The number of hydrogen-bond acceptors (Lipinski definition) is 3. The molecule has 0 heterocycles. The van der Waals surface area contributed by atoms with Gasteiger partial charge in [-0.3, -0.25) is 0 Å². The van der Waals surface area contributed by atoms with Gasteiger partial charge in [-0.15, -0.1) is 4.52 Å². The summed E-state index contributed by atoms with van der Waals surface area (Å²) in [6.45, 7) is 5.76. The molecule has 0 spiro atoms. The highest BCUT2D eigenvalue weighted by atomic mass is 31.1. The molecule has 1 aromatic rings. The number of rotatable bonds is 5. The molecule has 1 atom stereocenters. The molecule has 1 aromatic carbocycles. The molecule has 0 aromatic heterocycles. The highest BCUT2D eigenvalue weighted by Gasteiger charge is 2.20. The zero-order chi connectivity index (χ0) is 10.4. The first-order chi connectivity index (χ1) is 6.76. The maximum atomic E-state index is 11.1. The van der Waals surface area contributed by atoms with Crippen LogP contribution in [0, 0.1) is 0 Å². The smallest absolute Gasteiger partial charge is 0.229 e. The van der Waals surface area contributed by atoms with E-state index in [1.54, 1.807) is 25.1 Å². The minimum atomic E-state index is -2.06. The molecule has 74 valence electrons. The van der Waals surface area contributed by atoms with E-state index in [-0.39, 0.29) is 0 Å². The van der Waals surface area contributed by atoms with Gasteiger partial charge in [-0.25, -0.2) is 4.52 Å². The lowest BCUT2D eigenvalue weighted by Gasteiger charge is -1.94. The van der Waals surface area contributed by atoms with Crippen LogP contribution in [-0.2, 0) is 9.09 Å². The van der Waals surface area contributed by atoms with E-state index in [2.05, 4.69) is 6.58 Å². The van der Waals surface area contributed by atoms with Gasteiger partial charge in [0.05, 0.1) is 0 Å². The van der Waals surface area contributed by atoms with E-state index >= 15 is 0 Å². The van der Waals surface area contributed by atoms with Gasteiger partial charge in [0, 0.05) is 4.57 Å². The van der Waals surface area contributed by atoms with Gasteiger partial charge in [0.1, 0.15) is 6.61 Å². The topological polar surface area (TPSA) is 35.5 Å². The summed E-state index contributed by atoms with van der Waals surface area (Å²) in [5.74, 6) is 0.525. The van der Waals surface area contributed by atoms with Crippen LogP contribution in [0.5, 0.6) is 5.75 Å². The minimum Gasteiger partial charge on any atom is -0.229 e. The molecule has 4 heteroatoms. The van der Waals surface area contributed by atoms with Crippen molar-refractivity contribution in [2.24, 2.45) is 0 Å². The summed E-state index contributed by atoms with van der Waals surface area (Å²) in [6.07, 6.45) is 1.70. The normalized spacial score (nSPS) is 10.8. The van der Waals surface area contributed by atoms with Gasteiger partial charge in [0.15, 0.2) is 5.75 Å². The first kappa shape index (κ1) is 10.9. The Bertz CT molecular complexity index is 336. The van der Waals surface area contributed by atoms with Gasteiger partial charge >= 0.3 is 8.25 Å². The molecule has 0 aliphatic rings. The van der Waals surface area contributed by atoms with Crippen molar-refractivity contribution in [3.8, 4) is 5.75 Å². The molecule has 0 bridgehead atoms. The molecule has 0 fully saturated rings. The summed E-state index contributed by atoms with van der Waals surface area (Å²) in [5, 5.41) is 0. The SMILES string of the molecule is C=Cc1cccc(O[P+](=O)OCC)c1. The summed E-state index contributed by atoms with van der Waals surface area (Å²) in [6, 6.07) is 7.16. The number of hydrogen-bond donors (Lipinski definition) is 0. The van der Waals surface area contributed by atoms with Crippen molar-refractivity contribution in [3.63, 3.8) is 0 Å². The molecular formula is C10H12O3P+. The van der Waals surface area contributed by atoms with E-state index in [0.29, 0.717) is 12.4 Å². The summed E-state index contributed by atoms with van der Waals surface area (Å²) >= 11 is 0. The van der Waals surface area contributed by atoms with Crippen molar-refractivity contribution in [3.05, 3.63) is 36.4 Å². The van der Waals surface area contributed by atoms with Crippen LogP contribution in [0.4, 0.5) is 0 Å². The lowest BCUT2D eigenvalue weighted by molar-refractivity contribution is 0.302. The summed E-state index contributed by atoms with van der Waals surface area (Å²) in [7, 11) is -2.06. The van der Waals surface area contributed by atoms with E-state index in [9.17, 15) is 4.57 Å². The first-order valence-corrected chi connectivity index (χ1v) is 5.36. The molecular weight excluding hydrogens is 199 g/mol. The minimum absolute atomic E-state index is 0.371. The molecule has 1 rings (SSSR count). The van der Waals surface area contributed by atoms with Crippen LogP contribution in [0.1, 0.15) is 12.5 Å². The predicted molar refractivity (Wildman–Crippen MR) is 56.4 cm³/mol. The second kappa shape index (κ2) is 5.53. The Morgan fingerprint density at radius 1 is 1.57 bits per heavy atom. The average Bonchev–Trinajstić information content (AvgIpc) is 2.18. The quantitative estimate of drug-likeness (QED) is 0.700. The van der Waals surface area contributed by atoms with Gasteiger partial charge < -0.3 is 0 Å². The van der Waals surface area contributed by atoms with Crippen molar-refractivity contribution >= 4 is 14.3 Å². The Labute approximate surface area is 84.3 Å². The Kier molecular flexibility index (Phi) is 4.30. The van der Waals surface area contributed by atoms with E-state index in [0.717, 1.165) is 5.56 Å². The Morgan fingerprint density at radius 3 is 3.00 bits per heavy atom. The van der Waals surface area contributed by atoms with Crippen LogP contribution in [0.3, 0.4) is 0 Å². The summed E-state index contributed by atoms with van der Waals surface area (Å²) in [4.78, 5) is 0. The molecule has 0 aliphatic carbocycles. The van der Waals surface area contributed by atoms with Gasteiger partial charge in [0.2, 0.25) is 0 Å². The van der Waals surface area contributed by atoms with Crippen LogP contribution in [0.2, 0.25) is 0 Å². The highest BCUT2D eigenvalue weighted by Crippen LogP contribution is 2.28. The Hall–Kier alpha value is -1.18. The second-order valence-corrected chi connectivity index (χ2v) is 3.40. The molecule has 14 heavy (non-hydrogen) atoms. The monoisotopic (exact) mass is 211 g/mol. The third kappa shape index (κ3) is 3.29. The molecule has 0 saturated heterocycles. The zero-order valence-corrected chi connectivity index (χ0v) is 8.87. The van der Waals surface area contributed by atoms with E-state index in [1.807, 2.05) is 12.1 Å². The third-order valence-electron chi connectivity index (χ3n) is 1.51. The fourth-order valence-electron chi connectivity index (χ4n) is 0.916. The molecule has 0 N–H and O–H groups in total. The van der Waals surface area contributed by atoms with Gasteiger partial charge in [-0.05, 0) is 24.6 Å². The summed E-state index contributed by atoms with van der Waals surface area (Å²) < 4.78 is 20.9. The van der Waals surface area contributed by atoms with Crippen molar-refractivity contribution in [1.82, 2.24) is 0 Å². The maximum Gasteiger partial charge on any atom is 0.750 e. The molecule has 3 nitrogen and oxygen atoms in total. The number of benzene rings is 1. The van der Waals surface area contributed by atoms with Crippen LogP contribution < -0.4 is 4.52 Å². The van der Waals surface area contributed by atoms with Crippen LogP contribution in [-0.4, -0.2) is 6.61 Å². The van der Waals surface area contributed by atoms with Crippen molar-refractivity contribution in [1.29, 1.82) is 0 Å². The van der Waals surface area contributed by atoms with Gasteiger partial charge in [-0.1, -0.05) is 24.8 Å². The standard InChI is InChI=1S/C10H12O3P/c1-3-9-6-5-7-10(8-9)13-14(11)12-4-2/h3,5-8H,1,4H2,2H3/q+1. The highest BCUT2D eigenvalue weighted by molar-refractivity contribution is 7.33. The summed E-state index contributed by atoms with van der Waals surface area (Å²) in [5.41, 5.74) is 0.919.